The smallest absolute Gasteiger partial charge is 0.165 e. The van der Waals surface area contributed by atoms with E-state index in [1.165, 1.54) is 24.5 Å². The summed E-state index contributed by atoms with van der Waals surface area (Å²) < 4.78 is 18.7. The highest BCUT2D eigenvalue weighted by molar-refractivity contribution is 7.10. The number of nitrogens with zero attached hydrogens (tertiary/aromatic N) is 1. The Morgan fingerprint density at radius 1 is 1.35 bits per heavy atom. The third-order valence-corrected chi connectivity index (χ3v) is 4.70. The van der Waals surface area contributed by atoms with Crippen LogP contribution < -0.4 is 10.5 Å². The Morgan fingerprint density at radius 2 is 2.05 bits per heavy atom. The van der Waals surface area contributed by atoms with Gasteiger partial charge in [0.15, 0.2) is 11.6 Å². The van der Waals surface area contributed by atoms with Gasteiger partial charge in [-0.3, -0.25) is 0 Å². The van der Waals surface area contributed by atoms with Gasteiger partial charge < -0.3 is 10.5 Å². The van der Waals surface area contributed by atoms with E-state index in [9.17, 15) is 4.39 Å². The average Bonchev–Trinajstić information content (AvgIpc) is 2.96. The van der Waals surface area contributed by atoms with Crippen molar-refractivity contribution in [2.24, 2.45) is 5.73 Å². The summed E-state index contributed by atoms with van der Waals surface area (Å²) in [5, 5.41) is 2.82. The van der Waals surface area contributed by atoms with Gasteiger partial charge in [0.25, 0.3) is 0 Å². The predicted molar refractivity (Wildman–Crippen MR) is 80.5 cm³/mol. The first kappa shape index (κ1) is 14.9. The maximum absolute atomic E-state index is 13.7. The summed E-state index contributed by atoms with van der Waals surface area (Å²) in [6, 6.07) is 4.85. The summed E-state index contributed by atoms with van der Waals surface area (Å²) in [5.74, 6) is -0.149. The van der Waals surface area contributed by atoms with Crippen molar-refractivity contribution < 1.29 is 9.13 Å². The van der Waals surface area contributed by atoms with Crippen molar-refractivity contribution in [3.8, 4) is 17.0 Å². The van der Waals surface area contributed by atoms with Crippen LogP contribution in [0.3, 0.4) is 0 Å². The zero-order valence-corrected chi connectivity index (χ0v) is 12.8. The first-order valence-electron chi connectivity index (χ1n) is 6.63. The molecule has 0 aliphatic rings. The molecule has 0 aliphatic heterocycles. The number of nitrogens with two attached hydrogens (primary N) is 1. The van der Waals surface area contributed by atoms with Crippen molar-refractivity contribution in [3.05, 3.63) is 34.4 Å². The predicted octanol–water partition coefficient (Wildman–Crippen LogP) is 3.93. The Kier molecular flexibility index (Phi) is 4.40. The molecule has 0 bridgehead atoms. The van der Waals surface area contributed by atoms with Gasteiger partial charge in [0.1, 0.15) is 5.01 Å². The van der Waals surface area contributed by atoms with E-state index < -0.39 is 5.54 Å². The van der Waals surface area contributed by atoms with E-state index in [-0.39, 0.29) is 11.6 Å². The van der Waals surface area contributed by atoms with E-state index in [4.69, 9.17) is 10.5 Å². The van der Waals surface area contributed by atoms with Gasteiger partial charge in [0.2, 0.25) is 0 Å². The van der Waals surface area contributed by atoms with Crippen molar-refractivity contribution >= 4 is 11.3 Å². The lowest BCUT2D eigenvalue weighted by molar-refractivity contribution is 0.386. The van der Waals surface area contributed by atoms with Crippen LogP contribution in [-0.2, 0) is 5.54 Å². The lowest BCUT2D eigenvalue weighted by Crippen LogP contribution is -2.34. The highest BCUT2D eigenvalue weighted by Gasteiger charge is 2.26. The Balaban J connectivity index is 2.36. The first-order chi connectivity index (χ1) is 9.54. The third kappa shape index (κ3) is 2.69. The topological polar surface area (TPSA) is 48.1 Å². The van der Waals surface area contributed by atoms with Crippen LogP contribution in [0.25, 0.3) is 11.3 Å². The number of hydrogen-bond donors (Lipinski definition) is 1. The van der Waals surface area contributed by atoms with Crippen LogP contribution in [0, 0.1) is 5.82 Å². The standard InChI is InChI=1S/C15H19FN2OS/c1-4-15(17,5-2)14-18-12(9-20-14)10-6-7-13(19-3)11(16)8-10/h6-9H,4-5,17H2,1-3H3. The average molecular weight is 294 g/mol. The van der Waals surface area contributed by atoms with Gasteiger partial charge in [0.05, 0.1) is 18.3 Å². The zero-order valence-electron chi connectivity index (χ0n) is 11.9. The summed E-state index contributed by atoms with van der Waals surface area (Å²) >= 11 is 1.53. The summed E-state index contributed by atoms with van der Waals surface area (Å²) in [6.45, 7) is 4.11. The molecular formula is C15H19FN2OS. The highest BCUT2D eigenvalue weighted by Crippen LogP contribution is 2.32. The molecule has 0 amide bonds. The molecule has 0 fully saturated rings. The number of halogens is 1. The summed E-state index contributed by atoms with van der Waals surface area (Å²) in [4.78, 5) is 4.58. The second kappa shape index (κ2) is 5.89. The molecule has 2 rings (SSSR count). The lowest BCUT2D eigenvalue weighted by atomic mass is 9.95. The van der Waals surface area contributed by atoms with Crippen molar-refractivity contribution in [2.75, 3.05) is 7.11 Å². The number of benzene rings is 1. The summed E-state index contributed by atoms with van der Waals surface area (Å²) in [7, 11) is 1.45. The minimum Gasteiger partial charge on any atom is -0.494 e. The third-order valence-electron chi connectivity index (χ3n) is 3.64. The first-order valence-corrected chi connectivity index (χ1v) is 7.50. The van der Waals surface area contributed by atoms with Crippen LogP contribution >= 0.6 is 11.3 Å². The molecule has 5 heteroatoms. The van der Waals surface area contributed by atoms with Gasteiger partial charge in [-0.15, -0.1) is 11.3 Å². The molecule has 0 unspecified atom stereocenters. The molecule has 20 heavy (non-hydrogen) atoms. The molecule has 1 aromatic carbocycles. The van der Waals surface area contributed by atoms with E-state index in [0.29, 0.717) is 0 Å². The van der Waals surface area contributed by atoms with Gasteiger partial charge in [-0.25, -0.2) is 9.37 Å². The number of thiazole rings is 1. The van der Waals surface area contributed by atoms with Crippen molar-refractivity contribution in [3.63, 3.8) is 0 Å². The maximum Gasteiger partial charge on any atom is 0.165 e. The van der Waals surface area contributed by atoms with Gasteiger partial charge in [0, 0.05) is 10.9 Å². The number of rotatable bonds is 5. The lowest BCUT2D eigenvalue weighted by Gasteiger charge is -2.23. The van der Waals surface area contributed by atoms with E-state index in [1.54, 1.807) is 12.1 Å². The van der Waals surface area contributed by atoms with Crippen LogP contribution in [-0.4, -0.2) is 12.1 Å². The SMILES string of the molecule is CCC(N)(CC)c1nc(-c2ccc(OC)c(F)c2)cs1. The van der Waals surface area contributed by atoms with Crippen molar-refractivity contribution in [1.29, 1.82) is 0 Å². The van der Waals surface area contributed by atoms with E-state index >= 15 is 0 Å². The molecule has 0 radical (unpaired) electrons. The molecule has 0 spiro atoms. The fourth-order valence-corrected chi connectivity index (χ4v) is 3.10. The molecule has 0 saturated carbocycles. The van der Waals surface area contributed by atoms with Crippen LogP contribution in [0.1, 0.15) is 31.7 Å². The summed E-state index contributed by atoms with van der Waals surface area (Å²) in [5.41, 5.74) is 7.43. The Labute approximate surface area is 122 Å². The maximum atomic E-state index is 13.7. The molecule has 1 heterocycles. The second-order valence-corrected chi connectivity index (χ2v) is 5.61. The van der Waals surface area contributed by atoms with E-state index in [0.717, 1.165) is 29.1 Å². The van der Waals surface area contributed by atoms with E-state index in [1.807, 2.05) is 5.38 Å². The minimum atomic E-state index is -0.395. The Hall–Kier alpha value is -1.46. The molecule has 2 N–H and O–H groups in total. The Morgan fingerprint density at radius 3 is 2.60 bits per heavy atom. The number of hydrogen-bond acceptors (Lipinski definition) is 4. The van der Waals surface area contributed by atoms with E-state index in [2.05, 4.69) is 18.8 Å². The number of ether oxygens (including phenoxy) is 1. The molecular weight excluding hydrogens is 275 g/mol. The van der Waals surface area contributed by atoms with Crippen LogP contribution in [0.4, 0.5) is 4.39 Å². The monoisotopic (exact) mass is 294 g/mol. The van der Waals surface area contributed by atoms with Crippen LogP contribution in [0.15, 0.2) is 23.6 Å². The van der Waals surface area contributed by atoms with Gasteiger partial charge in [-0.05, 0) is 31.0 Å². The van der Waals surface area contributed by atoms with Gasteiger partial charge in [-0.1, -0.05) is 13.8 Å². The minimum absolute atomic E-state index is 0.236. The molecule has 0 aliphatic carbocycles. The molecule has 1 aromatic heterocycles. The highest BCUT2D eigenvalue weighted by atomic mass is 32.1. The van der Waals surface area contributed by atoms with Crippen molar-refractivity contribution in [1.82, 2.24) is 4.98 Å². The fraction of sp³-hybridized carbons (Fsp3) is 0.400. The fourth-order valence-electron chi connectivity index (χ4n) is 2.01. The van der Waals surface area contributed by atoms with Crippen molar-refractivity contribution in [2.45, 2.75) is 32.2 Å². The quantitative estimate of drug-likeness (QED) is 0.909. The Bertz CT molecular complexity index is 593. The van der Waals surface area contributed by atoms with Crippen LogP contribution in [0.5, 0.6) is 5.75 Å². The molecule has 3 nitrogen and oxygen atoms in total. The number of methoxy groups -OCH3 is 1. The van der Waals surface area contributed by atoms with Gasteiger partial charge >= 0.3 is 0 Å². The van der Waals surface area contributed by atoms with Crippen LogP contribution in [0.2, 0.25) is 0 Å². The second-order valence-electron chi connectivity index (χ2n) is 4.75. The van der Waals surface area contributed by atoms with Gasteiger partial charge in [-0.2, -0.15) is 0 Å². The molecule has 2 aromatic rings. The zero-order chi connectivity index (χ0) is 14.8. The molecule has 0 atom stereocenters. The summed E-state index contributed by atoms with van der Waals surface area (Å²) in [6.07, 6.45) is 1.65. The number of aromatic nitrogens is 1. The normalized spacial score (nSPS) is 11.7. The molecule has 0 saturated heterocycles. The molecule has 108 valence electrons. The largest absolute Gasteiger partial charge is 0.494 e.